The van der Waals surface area contributed by atoms with Gasteiger partial charge in [-0.1, -0.05) is 35.1 Å². The molecule has 3 rings (SSSR count). The molecule has 1 N–H and O–H groups in total. The molecule has 0 aliphatic carbocycles. The average molecular weight is 433 g/mol. The lowest BCUT2D eigenvalue weighted by molar-refractivity contribution is -0.137. The number of nitrogens with zero attached hydrogens (tertiary/aromatic N) is 3. The number of ether oxygens (including phenoxy) is 1. The van der Waals surface area contributed by atoms with Crippen LogP contribution in [0.5, 0.6) is 5.75 Å². The van der Waals surface area contributed by atoms with Crippen molar-refractivity contribution in [3.05, 3.63) is 52.7 Å². The first kappa shape index (κ1) is 19.7. The van der Waals surface area contributed by atoms with E-state index in [1.165, 1.54) is 11.3 Å². The maximum atomic E-state index is 12.7. The Balaban J connectivity index is 1.62. The van der Waals surface area contributed by atoms with Crippen LogP contribution in [0.4, 0.5) is 18.3 Å². The van der Waals surface area contributed by atoms with E-state index in [2.05, 4.69) is 20.5 Å². The van der Waals surface area contributed by atoms with Crippen LogP contribution in [0.15, 0.2) is 45.9 Å². The van der Waals surface area contributed by atoms with Crippen LogP contribution in [0.1, 0.15) is 11.1 Å². The third kappa shape index (κ3) is 5.24. The number of hydrogen-bond acceptors (Lipinski definition) is 7. The zero-order chi connectivity index (χ0) is 19.4. The van der Waals surface area contributed by atoms with Gasteiger partial charge in [-0.3, -0.25) is 0 Å². The second-order valence-electron chi connectivity index (χ2n) is 5.19. The number of hydrogen-bond donors (Lipinski definition) is 1. The van der Waals surface area contributed by atoms with Gasteiger partial charge < -0.3 is 10.1 Å². The first-order chi connectivity index (χ1) is 12.8. The fourth-order valence-electron chi connectivity index (χ4n) is 1.98. The highest BCUT2D eigenvalue weighted by Crippen LogP contribution is 2.37. The minimum absolute atomic E-state index is 0.0854. The van der Waals surface area contributed by atoms with E-state index in [4.69, 9.17) is 16.3 Å². The third-order valence-electron chi connectivity index (χ3n) is 3.33. The van der Waals surface area contributed by atoms with Gasteiger partial charge in [0.15, 0.2) is 4.34 Å². The molecule has 0 saturated carbocycles. The van der Waals surface area contributed by atoms with Gasteiger partial charge in [-0.15, -0.1) is 10.2 Å². The molecular formula is C16H12ClF3N4OS2. The summed E-state index contributed by atoms with van der Waals surface area (Å²) in [5.41, 5.74) is 0.142. The van der Waals surface area contributed by atoms with E-state index in [1.807, 2.05) is 24.3 Å². The van der Waals surface area contributed by atoms with Crippen LogP contribution in [0.25, 0.3) is 0 Å². The van der Waals surface area contributed by atoms with Crippen molar-refractivity contribution in [2.45, 2.75) is 22.1 Å². The molecule has 11 heteroatoms. The van der Waals surface area contributed by atoms with Gasteiger partial charge >= 0.3 is 6.18 Å². The normalized spacial score (nSPS) is 11.4. The summed E-state index contributed by atoms with van der Waals surface area (Å²) < 4.78 is 43.6. The van der Waals surface area contributed by atoms with Crippen molar-refractivity contribution in [3.8, 4) is 5.75 Å². The molecule has 0 bridgehead atoms. The summed E-state index contributed by atoms with van der Waals surface area (Å²) in [4.78, 5) is 3.78. The van der Waals surface area contributed by atoms with Gasteiger partial charge in [0, 0.05) is 12.7 Å². The van der Waals surface area contributed by atoms with E-state index in [0.717, 1.165) is 35.3 Å². The van der Waals surface area contributed by atoms with Crippen molar-refractivity contribution in [3.63, 3.8) is 0 Å². The maximum Gasteiger partial charge on any atom is 0.417 e. The number of benzene rings is 1. The Morgan fingerprint density at radius 2 is 1.96 bits per heavy atom. The molecule has 0 amide bonds. The van der Waals surface area contributed by atoms with Crippen LogP contribution in [0.3, 0.4) is 0 Å². The van der Waals surface area contributed by atoms with Crippen LogP contribution in [0, 0.1) is 0 Å². The van der Waals surface area contributed by atoms with Crippen LogP contribution < -0.4 is 10.1 Å². The molecule has 0 aliphatic rings. The van der Waals surface area contributed by atoms with Gasteiger partial charge in [0.1, 0.15) is 10.8 Å². The average Bonchev–Trinajstić information content (AvgIpc) is 3.09. The molecule has 0 spiro atoms. The van der Waals surface area contributed by atoms with Crippen LogP contribution >= 0.6 is 34.7 Å². The van der Waals surface area contributed by atoms with E-state index < -0.39 is 11.7 Å². The molecule has 5 nitrogen and oxygen atoms in total. The topological polar surface area (TPSA) is 59.9 Å². The Morgan fingerprint density at radius 1 is 1.22 bits per heavy atom. The monoisotopic (exact) mass is 432 g/mol. The highest BCUT2D eigenvalue weighted by Gasteiger charge is 2.31. The zero-order valence-electron chi connectivity index (χ0n) is 13.7. The third-order valence-corrected chi connectivity index (χ3v) is 5.68. The summed E-state index contributed by atoms with van der Waals surface area (Å²) in [5, 5.41) is 11.9. The molecular weight excluding hydrogens is 421 g/mol. The summed E-state index contributed by atoms with van der Waals surface area (Å²) in [7, 11) is 1.60. The standard InChI is InChI=1S/C16H12ClF3N4OS2/c1-25-11-4-2-9(3-5-11)7-22-14-23-24-15(27-14)26-13-12(17)6-10(8-21-13)16(18,19)20/h2-6,8H,7H2,1H3,(H,22,23). The molecule has 0 aliphatic heterocycles. The van der Waals surface area contributed by atoms with Gasteiger partial charge in [0.05, 0.1) is 17.7 Å². The first-order valence-corrected chi connectivity index (χ1v) is 9.47. The Morgan fingerprint density at radius 3 is 2.59 bits per heavy atom. The molecule has 2 heterocycles. The molecule has 0 radical (unpaired) electrons. The molecule has 27 heavy (non-hydrogen) atoms. The van der Waals surface area contributed by atoms with Gasteiger partial charge in [-0.25, -0.2) is 4.98 Å². The molecule has 1 aromatic carbocycles. The molecule has 0 atom stereocenters. The molecule has 0 fully saturated rings. The van der Waals surface area contributed by atoms with Crippen molar-refractivity contribution in [2.75, 3.05) is 12.4 Å². The zero-order valence-corrected chi connectivity index (χ0v) is 16.1. The number of methoxy groups -OCH3 is 1. The van der Waals surface area contributed by atoms with E-state index in [-0.39, 0.29) is 10.0 Å². The molecule has 2 aromatic heterocycles. The Bertz CT molecular complexity index is 919. The quantitative estimate of drug-likeness (QED) is 0.564. The minimum Gasteiger partial charge on any atom is -0.497 e. The van der Waals surface area contributed by atoms with Crippen molar-refractivity contribution in [2.24, 2.45) is 0 Å². The van der Waals surface area contributed by atoms with Crippen molar-refractivity contribution in [1.82, 2.24) is 15.2 Å². The molecule has 3 aromatic rings. The van der Waals surface area contributed by atoms with Crippen LogP contribution in [-0.4, -0.2) is 22.3 Å². The predicted octanol–water partition coefficient (Wildman–Crippen LogP) is 5.38. The van der Waals surface area contributed by atoms with Gasteiger partial charge in [-0.2, -0.15) is 13.2 Å². The van der Waals surface area contributed by atoms with Gasteiger partial charge in [0.25, 0.3) is 0 Å². The summed E-state index contributed by atoms with van der Waals surface area (Å²) in [6.45, 7) is 0.544. The number of alkyl halides is 3. The van der Waals surface area contributed by atoms with Crippen molar-refractivity contribution < 1.29 is 17.9 Å². The van der Waals surface area contributed by atoms with E-state index in [1.54, 1.807) is 7.11 Å². The first-order valence-electron chi connectivity index (χ1n) is 7.46. The van der Waals surface area contributed by atoms with Crippen LogP contribution in [0.2, 0.25) is 5.02 Å². The lowest BCUT2D eigenvalue weighted by Crippen LogP contribution is -2.05. The fourth-order valence-corrected chi connectivity index (χ4v) is 3.89. The number of aromatic nitrogens is 3. The second kappa shape index (κ2) is 8.32. The van der Waals surface area contributed by atoms with E-state index >= 15 is 0 Å². The van der Waals surface area contributed by atoms with Crippen molar-refractivity contribution in [1.29, 1.82) is 0 Å². The largest absolute Gasteiger partial charge is 0.497 e. The lowest BCUT2D eigenvalue weighted by atomic mass is 10.2. The maximum absolute atomic E-state index is 12.7. The smallest absolute Gasteiger partial charge is 0.417 e. The SMILES string of the molecule is COc1ccc(CNc2nnc(Sc3ncc(C(F)(F)F)cc3Cl)s2)cc1. The Kier molecular flexibility index (Phi) is 6.08. The molecule has 0 unspecified atom stereocenters. The van der Waals surface area contributed by atoms with Crippen LogP contribution in [-0.2, 0) is 12.7 Å². The minimum atomic E-state index is -4.49. The summed E-state index contributed by atoms with van der Waals surface area (Å²) in [5.74, 6) is 0.772. The van der Waals surface area contributed by atoms with Gasteiger partial charge in [-0.05, 0) is 35.5 Å². The number of anilines is 1. The molecule has 0 saturated heterocycles. The lowest BCUT2D eigenvalue weighted by Gasteiger charge is -2.07. The van der Waals surface area contributed by atoms with Gasteiger partial charge in [0.2, 0.25) is 5.13 Å². The molecule has 142 valence electrons. The second-order valence-corrected chi connectivity index (χ2v) is 7.81. The highest BCUT2D eigenvalue weighted by atomic mass is 35.5. The number of rotatable bonds is 6. The number of pyridine rings is 1. The summed E-state index contributed by atoms with van der Waals surface area (Å²) >= 11 is 8.22. The van der Waals surface area contributed by atoms with E-state index in [9.17, 15) is 13.2 Å². The predicted molar refractivity (Wildman–Crippen MR) is 98.6 cm³/mol. The number of halogens is 4. The Hall–Kier alpha value is -2.04. The summed E-state index contributed by atoms with van der Waals surface area (Å²) in [6.07, 6.45) is -3.74. The Labute approximate surface area is 165 Å². The van der Waals surface area contributed by atoms with E-state index in [0.29, 0.717) is 16.0 Å². The highest BCUT2D eigenvalue weighted by molar-refractivity contribution is 8.01. The fraction of sp³-hybridized carbons (Fsp3) is 0.188. The number of nitrogens with one attached hydrogen (secondary N) is 1. The van der Waals surface area contributed by atoms with Crippen molar-refractivity contribution >= 4 is 39.8 Å². The summed E-state index contributed by atoms with van der Waals surface area (Å²) in [6, 6.07) is 8.41.